The Morgan fingerprint density at radius 1 is 0.964 bits per heavy atom. The van der Waals surface area contributed by atoms with Crippen molar-refractivity contribution in [2.24, 2.45) is 0 Å². The van der Waals surface area contributed by atoms with Crippen molar-refractivity contribution in [1.82, 2.24) is 25.2 Å². The number of hydrogen-bond acceptors (Lipinski definition) is 5. The Morgan fingerprint density at radius 3 is 2.57 bits per heavy atom. The van der Waals surface area contributed by atoms with Crippen molar-refractivity contribution in [2.75, 3.05) is 11.9 Å². The van der Waals surface area contributed by atoms with Crippen LogP contribution in [0.25, 0.3) is 11.0 Å². The summed E-state index contributed by atoms with van der Waals surface area (Å²) in [5.74, 6) is 0.396. The van der Waals surface area contributed by atoms with Crippen molar-refractivity contribution in [1.29, 1.82) is 0 Å². The number of rotatable bonds is 6. The lowest BCUT2D eigenvalue weighted by Gasteiger charge is -2.09. The van der Waals surface area contributed by atoms with Gasteiger partial charge in [0.15, 0.2) is 5.82 Å². The Morgan fingerprint density at radius 2 is 1.79 bits per heavy atom. The van der Waals surface area contributed by atoms with Crippen LogP contribution in [0.5, 0.6) is 0 Å². The van der Waals surface area contributed by atoms with Crippen LogP contribution in [0.4, 0.5) is 10.2 Å². The van der Waals surface area contributed by atoms with E-state index in [2.05, 4.69) is 57.0 Å². The van der Waals surface area contributed by atoms with Gasteiger partial charge in [0.1, 0.15) is 16.9 Å². The number of nitrogens with one attached hydrogen (secondary N) is 1. The summed E-state index contributed by atoms with van der Waals surface area (Å²) in [7, 11) is 0. The number of aromatic nitrogens is 5. The number of fused-ring (bicyclic) bond motifs is 1. The van der Waals surface area contributed by atoms with Gasteiger partial charge >= 0.3 is 0 Å². The van der Waals surface area contributed by atoms with E-state index in [0.29, 0.717) is 12.4 Å². The van der Waals surface area contributed by atoms with Gasteiger partial charge in [0.05, 0.1) is 12.2 Å². The van der Waals surface area contributed by atoms with Gasteiger partial charge in [-0.25, -0.2) is 9.07 Å². The van der Waals surface area contributed by atoms with Crippen molar-refractivity contribution in [2.45, 2.75) is 26.8 Å². The van der Waals surface area contributed by atoms with Crippen LogP contribution in [0.15, 0.2) is 48.5 Å². The van der Waals surface area contributed by atoms with Crippen molar-refractivity contribution in [3.63, 3.8) is 0 Å². The third kappa shape index (κ3) is 3.83. The summed E-state index contributed by atoms with van der Waals surface area (Å²) in [5, 5.41) is 20.4. The average Bonchev–Trinajstić information content (AvgIpc) is 3.10. The van der Waals surface area contributed by atoms with Gasteiger partial charge in [0, 0.05) is 6.54 Å². The minimum Gasteiger partial charge on any atom is -0.366 e. The zero-order valence-corrected chi connectivity index (χ0v) is 15.9. The molecule has 2 aromatic heterocycles. The van der Waals surface area contributed by atoms with E-state index in [9.17, 15) is 4.39 Å². The van der Waals surface area contributed by atoms with E-state index < -0.39 is 0 Å². The number of aryl methyl sites for hydroxylation is 2. The van der Waals surface area contributed by atoms with Gasteiger partial charge in [-0.15, -0.1) is 10.2 Å². The lowest BCUT2D eigenvalue weighted by atomic mass is 10.1. The molecule has 0 atom stereocenters. The smallest absolute Gasteiger partial charge is 0.176 e. The van der Waals surface area contributed by atoms with Gasteiger partial charge in [-0.1, -0.05) is 47.2 Å². The zero-order valence-electron chi connectivity index (χ0n) is 15.9. The first-order valence-corrected chi connectivity index (χ1v) is 9.20. The van der Waals surface area contributed by atoms with Gasteiger partial charge in [0.25, 0.3) is 0 Å². The summed E-state index contributed by atoms with van der Waals surface area (Å²) in [5.41, 5.74) is 5.70. The molecule has 0 unspecified atom stereocenters. The van der Waals surface area contributed by atoms with Gasteiger partial charge in [-0.2, -0.15) is 5.10 Å². The van der Waals surface area contributed by atoms with Gasteiger partial charge in [0.2, 0.25) is 0 Å². The van der Waals surface area contributed by atoms with Crippen LogP contribution in [0.3, 0.4) is 0 Å². The SMILES string of the molecule is Cc1cccc(CCNc2nnc(C)c3nnn(Cc4ccc(F)cc4)c23)c1. The Labute approximate surface area is 162 Å². The number of nitrogens with zero attached hydrogens (tertiary/aromatic N) is 5. The number of benzene rings is 2. The van der Waals surface area contributed by atoms with E-state index in [1.54, 1.807) is 16.8 Å². The summed E-state index contributed by atoms with van der Waals surface area (Å²) < 4.78 is 15.0. The van der Waals surface area contributed by atoms with Gasteiger partial charge < -0.3 is 5.32 Å². The average molecular weight is 376 g/mol. The molecule has 0 amide bonds. The Kier molecular flexibility index (Phi) is 4.97. The fourth-order valence-corrected chi connectivity index (χ4v) is 3.20. The minimum atomic E-state index is -0.257. The fourth-order valence-electron chi connectivity index (χ4n) is 3.20. The van der Waals surface area contributed by atoms with E-state index in [0.717, 1.165) is 35.3 Å². The highest BCUT2D eigenvalue weighted by atomic mass is 19.1. The Balaban J connectivity index is 1.58. The molecular weight excluding hydrogens is 355 g/mol. The Hall–Kier alpha value is -3.35. The predicted octanol–water partition coefficient (Wildman–Crippen LogP) is 3.68. The van der Waals surface area contributed by atoms with Crippen LogP contribution in [0, 0.1) is 19.7 Å². The fraction of sp³-hybridized carbons (Fsp3) is 0.238. The monoisotopic (exact) mass is 376 g/mol. The molecule has 4 rings (SSSR count). The van der Waals surface area contributed by atoms with Crippen molar-refractivity contribution < 1.29 is 4.39 Å². The lowest BCUT2D eigenvalue weighted by molar-refractivity contribution is 0.624. The van der Waals surface area contributed by atoms with Crippen LogP contribution in [0.2, 0.25) is 0 Å². The van der Waals surface area contributed by atoms with Crippen molar-refractivity contribution in [3.8, 4) is 0 Å². The maximum atomic E-state index is 13.2. The first-order valence-electron chi connectivity index (χ1n) is 9.20. The van der Waals surface area contributed by atoms with Crippen LogP contribution in [-0.4, -0.2) is 31.7 Å². The second kappa shape index (κ2) is 7.72. The summed E-state index contributed by atoms with van der Waals surface area (Å²) in [6, 6.07) is 14.8. The largest absolute Gasteiger partial charge is 0.366 e. The maximum absolute atomic E-state index is 13.2. The molecule has 142 valence electrons. The maximum Gasteiger partial charge on any atom is 0.176 e. The molecule has 6 nitrogen and oxygen atoms in total. The molecular formula is C21H21FN6. The zero-order chi connectivity index (χ0) is 19.5. The van der Waals surface area contributed by atoms with Crippen LogP contribution in [0.1, 0.15) is 22.4 Å². The Bertz CT molecular complexity index is 1100. The molecule has 2 aromatic carbocycles. The molecule has 0 fully saturated rings. The molecule has 2 heterocycles. The summed E-state index contributed by atoms with van der Waals surface area (Å²) in [6.07, 6.45) is 0.873. The van der Waals surface area contributed by atoms with E-state index >= 15 is 0 Å². The highest BCUT2D eigenvalue weighted by Gasteiger charge is 2.15. The van der Waals surface area contributed by atoms with E-state index in [1.807, 2.05) is 6.92 Å². The molecule has 0 aliphatic carbocycles. The quantitative estimate of drug-likeness (QED) is 0.556. The first-order chi connectivity index (χ1) is 13.6. The number of anilines is 1. The molecule has 0 bridgehead atoms. The highest BCUT2D eigenvalue weighted by molar-refractivity contribution is 5.86. The van der Waals surface area contributed by atoms with Gasteiger partial charge in [-0.3, -0.25) is 0 Å². The molecule has 7 heteroatoms. The van der Waals surface area contributed by atoms with E-state index in [4.69, 9.17) is 0 Å². The third-order valence-electron chi connectivity index (χ3n) is 4.64. The standard InChI is InChI=1S/C21H21FN6/c1-14-4-3-5-16(12-14)10-11-23-21-20-19(15(2)24-26-21)25-27-28(20)13-17-6-8-18(22)9-7-17/h3-9,12H,10-11,13H2,1-2H3,(H,23,26). The van der Waals surface area contributed by atoms with Crippen molar-refractivity contribution >= 4 is 16.9 Å². The lowest BCUT2D eigenvalue weighted by Crippen LogP contribution is -2.11. The molecule has 0 spiro atoms. The van der Waals surface area contributed by atoms with Crippen LogP contribution >= 0.6 is 0 Å². The molecule has 0 saturated heterocycles. The summed E-state index contributed by atoms with van der Waals surface area (Å²) in [4.78, 5) is 0. The number of hydrogen-bond donors (Lipinski definition) is 1. The van der Waals surface area contributed by atoms with E-state index in [1.165, 1.54) is 23.3 Å². The third-order valence-corrected chi connectivity index (χ3v) is 4.64. The molecule has 28 heavy (non-hydrogen) atoms. The molecule has 4 aromatic rings. The molecule has 0 saturated carbocycles. The molecule has 0 aliphatic rings. The normalized spacial score (nSPS) is 11.1. The predicted molar refractivity (Wildman–Crippen MR) is 107 cm³/mol. The highest BCUT2D eigenvalue weighted by Crippen LogP contribution is 2.21. The van der Waals surface area contributed by atoms with E-state index in [-0.39, 0.29) is 5.82 Å². The van der Waals surface area contributed by atoms with Crippen molar-refractivity contribution in [3.05, 3.63) is 76.7 Å². The second-order valence-corrected chi connectivity index (χ2v) is 6.87. The van der Waals surface area contributed by atoms with Crippen LogP contribution in [-0.2, 0) is 13.0 Å². The number of halogens is 1. The second-order valence-electron chi connectivity index (χ2n) is 6.87. The topological polar surface area (TPSA) is 68.5 Å². The minimum absolute atomic E-state index is 0.257. The molecule has 0 radical (unpaired) electrons. The molecule has 0 aliphatic heterocycles. The molecule has 1 N–H and O–H groups in total. The van der Waals surface area contributed by atoms with Crippen LogP contribution < -0.4 is 5.32 Å². The summed E-state index contributed by atoms with van der Waals surface area (Å²) >= 11 is 0. The first kappa shape index (κ1) is 18.0. The summed E-state index contributed by atoms with van der Waals surface area (Å²) in [6.45, 7) is 5.15. The van der Waals surface area contributed by atoms with Gasteiger partial charge in [-0.05, 0) is 43.5 Å².